The Kier molecular flexibility index (Phi) is 6.53. The molecule has 1 fully saturated rings. The van der Waals surface area contributed by atoms with Crippen molar-refractivity contribution in [2.24, 2.45) is 0 Å². The molecule has 21 heavy (non-hydrogen) atoms. The molecule has 6 heteroatoms. The van der Waals surface area contributed by atoms with Gasteiger partial charge < -0.3 is 20.1 Å². The maximum atomic E-state index is 5.83. The fourth-order valence-electron chi connectivity index (χ4n) is 2.51. The molecule has 0 aliphatic heterocycles. The molecule has 2 rings (SSSR count). The molecule has 0 spiro atoms. The third-order valence-corrected chi connectivity index (χ3v) is 3.60. The highest BCUT2D eigenvalue weighted by atomic mass is 16.5. The van der Waals surface area contributed by atoms with Crippen molar-refractivity contribution in [3.63, 3.8) is 0 Å². The van der Waals surface area contributed by atoms with Crippen molar-refractivity contribution < 1.29 is 9.47 Å². The summed E-state index contributed by atoms with van der Waals surface area (Å²) >= 11 is 0. The Morgan fingerprint density at radius 3 is 2.43 bits per heavy atom. The van der Waals surface area contributed by atoms with Crippen LogP contribution >= 0.6 is 0 Å². The van der Waals surface area contributed by atoms with Gasteiger partial charge in [-0.3, -0.25) is 0 Å². The maximum Gasteiger partial charge on any atom is 0.204 e. The number of anilines is 2. The molecular weight excluding hydrogens is 268 g/mol. The summed E-state index contributed by atoms with van der Waals surface area (Å²) in [5, 5.41) is 6.51. The van der Waals surface area contributed by atoms with E-state index in [2.05, 4.69) is 27.5 Å². The molecule has 118 valence electrons. The molecule has 0 radical (unpaired) electrons. The molecule has 2 N–H and O–H groups in total. The zero-order valence-corrected chi connectivity index (χ0v) is 13.0. The number of hydrogen-bond acceptors (Lipinski definition) is 6. The van der Waals surface area contributed by atoms with Crippen LogP contribution in [0.4, 0.5) is 11.6 Å². The maximum absolute atomic E-state index is 5.83. The van der Waals surface area contributed by atoms with Crippen LogP contribution in [0.2, 0.25) is 0 Å². The third-order valence-electron chi connectivity index (χ3n) is 3.60. The summed E-state index contributed by atoms with van der Waals surface area (Å²) in [6.45, 7) is 4.38. The Bertz CT molecular complexity index is 422. The first-order valence-corrected chi connectivity index (χ1v) is 7.83. The number of rotatable bonds is 9. The monoisotopic (exact) mass is 294 g/mol. The van der Waals surface area contributed by atoms with Gasteiger partial charge >= 0.3 is 0 Å². The highest BCUT2D eigenvalue weighted by Crippen LogP contribution is 2.28. The van der Waals surface area contributed by atoms with Gasteiger partial charge in [0.15, 0.2) is 11.6 Å². The van der Waals surface area contributed by atoms with E-state index in [0.29, 0.717) is 24.3 Å². The van der Waals surface area contributed by atoms with Crippen molar-refractivity contribution >= 4 is 11.6 Å². The molecule has 1 heterocycles. The summed E-state index contributed by atoms with van der Waals surface area (Å²) in [5.74, 6) is 2.10. The lowest BCUT2D eigenvalue weighted by molar-refractivity contribution is 0.0658. The van der Waals surface area contributed by atoms with Crippen LogP contribution in [-0.2, 0) is 4.74 Å². The minimum atomic E-state index is 0.445. The van der Waals surface area contributed by atoms with E-state index < -0.39 is 0 Å². The van der Waals surface area contributed by atoms with Gasteiger partial charge in [-0.2, -0.15) is 0 Å². The quantitative estimate of drug-likeness (QED) is 0.683. The van der Waals surface area contributed by atoms with Crippen molar-refractivity contribution in [3.8, 4) is 5.75 Å². The minimum absolute atomic E-state index is 0.445. The van der Waals surface area contributed by atoms with E-state index in [0.717, 1.165) is 25.3 Å². The first kappa shape index (κ1) is 15.8. The number of methoxy groups -OCH3 is 1. The molecule has 1 aromatic rings. The van der Waals surface area contributed by atoms with E-state index in [1.807, 2.05) is 0 Å². The molecule has 1 saturated carbocycles. The van der Waals surface area contributed by atoms with E-state index >= 15 is 0 Å². The van der Waals surface area contributed by atoms with Crippen LogP contribution in [0.3, 0.4) is 0 Å². The Hall–Kier alpha value is -1.56. The summed E-state index contributed by atoms with van der Waals surface area (Å²) in [6, 6.07) is 0. The van der Waals surface area contributed by atoms with Crippen LogP contribution in [0.25, 0.3) is 0 Å². The molecule has 0 amide bonds. The standard InChI is InChI=1S/C15H26N4O2/c1-3-8-16-14-13(20-2)15(19-11-18-14)17-9-10-21-12-6-4-5-7-12/h11-12H,3-10H2,1-2H3,(H2,16,17,18,19). The van der Waals surface area contributed by atoms with E-state index in [1.165, 1.54) is 25.7 Å². The fourth-order valence-corrected chi connectivity index (χ4v) is 2.51. The van der Waals surface area contributed by atoms with Crippen LogP contribution in [0.1, 0.15) is 39.0 Å². The predicted octanol–water partition coefficient (Wildman–Crippen LogP) is 2.68. The fraction of sp³-hybridized carbons (Fsp3) is 0.733. The third kappa shape index (κ3) is 4.74. The molecule has 1 aliphatic rings. The first-order chi connectivity index (χ1) is 10.3. The first-order valence-electron chi connectivity index (χ1n) is 7.83. The second-order valence-corrected chi connectivity index (χ2v) is 5.23. The highest BCUT2D eigenvalue weighted by molar-refractivity contribution is 5.63. The van der Waals surface area contributed by atoms with Gasteiger partial charge in [-0.1, -0.05) is 19.8 Å². The van der Waals surface area contributed by atoms with E-state index in [4.69, 9.17) is 9.47 Å². The average molecular weight is 294 g/mol. The molecule has 0 bridgehead atoms. The zero-order chi connectivity index (χ0) is 14.9. The number of hydrogen-bond donors (Lipinski definition) is 2. The Morgan fingerprint density at radius 2 is 1.81 bits per heavy atom. The Labute approximate surface area is 126 Å². The normalized spacial score (nSPS) is 15.1. The van der Waals surface area contributed by atoms with Gasteiger partial charge in [0.25, 0.3) is 0 Å². The van der Waals surface area contributed by atoms with Crippen LogP contribution in [-0.4, -0.2) is 42.9 Å². The molecule has 0 aromatic carbocycles. The number of nitrogens with one attached hydrogen (secondary N) is 2. The smallest absolute Gasteiger partial charge is 0.204 e. The second kappa shape index (κ2) is 8.67. The van der Waals surface area contributed by atoms with E-state index in [9.17, 15) is 0 Å². The summed E-state index contributed by atoms with van der Waals surface area (Å²) in [7, 11) is 1.63. The molecule has 0 atom stereocenters. The molecule has 0 unspecified atom stereocenters. The summed E-state index contributed by atoms with van der Waals surface area (Å²) < 4.78 is 11.2. The lowest BCUT2D eigenvalue weighted by atomic mass is 10.3. The number of nitrogens with zero attached hydrogens (tertiary/aromatic N) is 2. The van der Waals surface area contributed by atoms with Gasteiger partial charge in [0.2, 0.25) is 5.75 Å². The van der Waals surface area contributed by atoms with Gasteiger partial charge in [0.1, 0.15) is 6.33 Å². The van der Waals surface area contributed by atoms with E-state index in [1.54, 1.807) is 13.4 Å². The summed E-state index contributed by atoms with van der Waals surface area (Å²) in [5.41, 5.74) is 0. The van der Waals surface area contributed by atoms with Gasteiger partial charge in [0.05, 0.1) is 19.8 Å². The average Bonchev–Trinajstić information content (AvgIpc) is 3.02. The largest absolute Gasteiger partial charge is 0.490 e. The Balaban J connectivity index is 1.83. The van der Waals surface area contributed by atoms with Crippen molar-refractivity contribution in [3.05, 3.63) is 6.33 Å². The van der Waals surface area contributed by atoms with Crippen LogP contribution in [0.15, 0.2) is 6.33 Å². The zero-order valence-electron chi connectivity index (χ0n) is 13.0. The van der Waals surface area contributed by atoms with Gasteiger partial charge in [-0.15, -0.1) is 0 Å². The van der Waals surface area contributed by atoms with Gasteiger partial charge in [-0.05, 0) is 19.3 Å². The molecule has 0 saturated heterocycles. The molecule has 1 aromatic heterocycles. The van der Waals surface area contributed by atoms with Crippen molar-refractivity contribution in [1.29, 1.82) is 0 Å². The summed E-state index contributed by atoms with van der Waals surface area (Å²) in [6.07, 6.45) is 8.01. The molecule has 6 nitrogen and oxygen atoms in total. The van der Waals surface area contributed by atoms with Crippen LogP contribution in [0, 0.1) is 0 Å². The van der Waals surface area contributed by atoms with Gasteiger partial charge in [0, 0.05) is 13.1 Å². The van der Waals surface area contributed by atoms with Crippen molar-refractivity contribution in [2.45, 2.75) is 45.1 Å². The number of ether oxygens (including phenoxy) is 2. The molecular formula is C15H26N4O2. The molecule has 1 aliphatic carbocycles. The highest BCUT2D eigenvalue weighted by Gasteiger charge is 2.15. The minimum Gasteiger partial charge on any atom is -0.490 e. The van der Waals surface area contributed by atoms with E-state index in [-0.39, 0.29) is 0 Å². The van der Waals surface area contributed by atoms with Crippen molar-refractivity contribution in [1.82, 2.24) is 9.97 Å². The van der Waals surface area contributed by atoms with Crippen molar-refractivity contribution in [2.75, 3.05) is 37.4 Å². The lowest BCUT2D eigenvalue weighted by Gasteiger charge is -2.15. The lowest BCUT2D eigenvalue weighted by Crippen LogP contribution is -2.16. The van der Waals surface area contributed by atoms with Crippen LogP contribution in [0.5, 0.6) is 5.75 Å². The van der Waals surface area contributed by atoms with Crippen LogP contribution < -0.4 is 15.4 Å². The topological polar surface area (TPSA) is 68.3 Å². The predicted molar refractivity (Wildman–Crippen MR) is 84.1 cm³/mol. The second-order valence-electron chi connectivity index (χ2n) is 5.23. The Morgan fingerprint density at radius 1 is 1.14 bits per heavy atom. The number of aromatic nitrogens is 2. The SMILES string of the molecule is CCCNc1ncnc(NCCOC2CCCC2)c1OC. The van der Waals surface area contributed by atoms with Gasteiger partial charge in [-0.25, -0.2) is 9.97 Å². The summed E-state index contributed by atoms with van der Waals surface area (Å²) in [4.78, 5) is 8.47.